The lowest BCUT2D eigenvalue weighted by molar-refractivity contribution is 0.0730. The number of carbonyl (C=O) groups excluding carboxylic acids is 1. The predicted octanol–water partition coefficient (Wildman–Crippen LogP) is 2.31. The lowest BCUT2D eigenvalue weighted by atomic mass is 10.1. The van der Waals surface area contributed by atoms with E-state index in [9.17, 15) is 13.2 Å². The second-order valence-electron chi connectivity index (χ2n) is 7.88. The lowest BCUT2D eigenvalue weighted by Gasteiger charge is -2.26. The van der Waals surface area contributed by atoms with Crippen LogP contribution in [0.3, 0.4) is 0 Å². The quantitative estimate of drug-likeness (QED) is 0.663. The number of nitrogens with one attached hydrogen (secondary N) is 1. The molecule has 8 heteroatoms. The number of hydrogen-bond donors (Lipinski definition) is 1. The molecule has 0 aromatic heterocycles. The molecule has 2 aromatic carbocycles. The molecular formula is C23H28N2O5S. The molecule has 1 amide bonds. The largest absolute Gasteiger partial charge is 0.492 e. The molecule has 0 atom stereocenters. The van der Waals surface area contributed by atoms with E-state index < -0.39 is 10.0 Å². The third-order valence-corrected chi connectivity index (χ3v) is 7.68. The normalized spacial score (nSPS) is 16.7. The van der Waals surface area contributed by atoms with E-state index in [0.29, 0.717) is 45.0 Å². The van der Waals surface area contributed by atoms with Gasteiger partial charge < -0.3 is 14.8 Å². The molecule has 2 aliphatic rings. The van der Waals surface area contributed by atoms with Crippen LogP contribution in [-0.2, 0) is 27.6 Å². The van der Waals surface area contributed by atoms with Crippen LogP contribution in [0, 0.1) is 6.92 Å². The molecule has 1 N–H and O–H groups in total. The van der Waals surface area contributed by atoms with Crippen LogP contribution in [0.15, 0.2) is 41.3 Å². The van der Waals surface area contributed by atoms with Crippen LogP contribution in [0.2, 0.25) is 0 Å². The van der Waals surface area contributed by atoms with E-state index in [0.717, 1.165) is 24.2 Å². The molecule has 2 aromatic rings. The number of fused-ring (bicyclic) bond motifs is 1. The fourth-order valence-electron chi connectivity index (χ4n) is 4.01. The third-order valence-electron chi connectivity index (χ3n) is 5.79. The Bertz CT molecular complexity index is 1060. The van der Waals surface area contributed by atoms with Crippen molar-refractivity contribution in [3.05, 3.63) is 58.7 Å². The van der Waals surface area contributed by atoms with Gasteiger partial charge in [0.15, 0.2) is 0 Å². The van der Waals surface area contributed by atoms with Crippen LogP contribution < -0.4 is 10.1 Å². The smallest absolute Gasteiger partial charge is 0.251 e. The van der Waals surface area contributed by atoms with Gasteiger partial charge in [0.2, 0.25) is 10.0 Å². The van der Waals surface area contributed by atoms with Gasteiger partial charge in [-0.25, -0.2) is 8.42 Å². The van der Waals surface area contributed by atoms with Crippen molar-refractivity contribution in [3.63, 3.8) is 0 Å². The first-order valence-electron chi connectivity index (χ1n) is 10.7. The highest BCUT2D eigenvalue weighted by molar-refractivity contribution is 7.89. The summed E-state index contributed by atoms with van der Waals surface area (Å²) in [5.74, 6) is 0.499. The molecule has 1 fully saturated rings. The maximum absolute atomic E-state index is 12.9. The zero-order valence-electron chi connectivity index (χ0n) is 17.7. The first kappa shape index (κ1) is 21.8. The number of aryl methyl sites for hydroxylation is 3. The monoisotopic (exact) mass is 444 g/mol. The van der Waals surface area contributed by atoms with Gasteiger partial charge in [0, 0.05) is 18.7 Å². The zero-order valence-corrected chi connectivity index (χ0v) is 18.5. The molecule has 1 saturated heterocycles. The molecule has 0 bridgehead atoms. The molecular weight excluding hydrogens is 416 g/mol. The van der Waals surface area contributed by atoms with Crippen molar-refractivity contribution in [3.8, 4) is 5.75 Å². The van der Waals surface area contributed by atoms with Crippen molar-refractivity contribution in [2.24, 2.45) is 0 Å². The van der Waals surface area contributed by atoms with Gasteiger partial charge in [0.1, 0.15) is 12.4 Å². The summed E-state index contributed by atoms with van der Waals surface area (Å²) < 4.78 is 38.2. The summed E-state index contributed by atoms with van der Waals surface area (Å²) in [6.45, 7) is 3.85. The minimum atomic E-state index is -3.65. The van der Waals surface area contributed by atoms with Gasteiger partial charge in [-0.1, -0.05) is 12.1 Å². The average molecular weight is 445 g/mol. The van der Waals surface area contributed by atoms with E-state index in [1.807, 2.05) is 6.07 Å². The minimum absolute atomic E-state index is 0.125. The Morgan fingerprint density at radius 3 is 2.68 bits per heavy atom. The summed E-state index contributed by atoms with van der Waals surface area (Å²) in [6, 6.07) is 10.8. The first-order chi connectivity index (χ1) is 14.9. The molecule has 1 aliphatic heterocycles. The van der Waals surface area contributed by atoms with Gasteiger partial charge >= 0.3 is 0 Å². The molecule has 7 nitrogen and oxygen atoms in total. The van der Waals surface area contributed by atoms with Crippen molar-refractivity contribution in [1.82, 2.24) is 9.62 Å². The van der Waals surface area contributed by atoms with Crippen LogP contribution >= 0.6 is 0 Å². The Labute approximate surface area is 183 Å². The van der Waals surface area contributed by atoms with Crippen molar-refractivity contribution < 1.29 is 22.7 Å². The summed E-state index contributed by atoms with van der Waals surface area (Å²) in [7, 11) is -3.65. The highest BCUT2D eigenvalue weighted by Gasteiger charge is 2.27. The molecule has 0 spiro atoms. The van der Waals surface area contributed by atoms with Crippen LogP contribution in [0.4, 0.5) is 0 Å². The Morgan fingerprint density at radius 2 is 1.87 bits per heavy atom. The molecule has 31 heavy (non-hydrogen) atoms. The number of hydrogen-bond acceptors (Lipinski definition) is 5. The van der Waals surface area contributed by atoms with E-state index >= 15 is 0 Å². The summed E-state index contributed by atoms with van der Waals surface area (Å²) >= 11 is 0. The van der Waals surface area contributed by atoms with Crippen molar-refractivity contribution in [1.29, 1.82) is 0 Å². The lowest BCUT2D eigenvalue weighted by Crippen LogP contribution is -2.40. The van der Waals surface area contributed by atoms with Crippen LogP contribution in [0.5, 0.6) is 5.75 Å². The standard InChI is InChI=1S/C23H28N2O5S/c1-17-5-8-21(31(27,28)25-10-13-29-14-11-25)16-22(17)23(26)24-9-12-30-20-7-6-18-3-2-4-19(18)15-20/h5-8,15-16H,2-4,9-14H2,1H3,(H,24,26). The SMILES string of the molecule is Cc1ccc(S(=O)(=O)N2CCOCC2)cc1C(=O)NCCOc1ccc2c(c1)CCC2. The highest BCUT2D eigenvalue weighted by atomic mass is 32.2. The summed E-state index contributed by atoms with van der Waals surface area (Å²) in [5, 5.41) is 2.83. The Kier molecular flexibility index (Phi) is 6.60. The number of amides is 1. The Morgan fingerprint density at radius 1 is 1.10 bits per heavy atom. The number of rotatable bonds is 7. The predicted molar refractivity (Wildman–Crippen MR) is 117 cm³/mol. The van der Waals surface area contributed by atoms with Gasteiger partial charge in [-0.15, -0.1) is 0 Å². The van der Waals surface area contributed by atoms with Crippen LogP contribution in [-0.4, -0.2) is 58.1 Å². The molecule has 0 saturated carbocycles. The fourth-order valence-corrected chi connectivity index (χ4v) is 5.44. The Balaban J connectivity index is 1.36. The third kappa shape index (κ3) is 4.92. The average Bonchev–Trinajstić information content (AvgIpc) is 3.25. The topological polar surface area (TPSA) is 84.9 Å². The van der Waals surface area contributed by atoms with Gasteiger partial charge in [-0.3, -0.25) is 4.79 Å². The van der Waals surface area contributed by atoms with Gasteiger partial charge in [-0.05, 0) is 67.1 Å². The van der Waals surface area contributed by atoms with Gasteiger partial charge in [0.25, 0.3) is 5.91 Å². The second kappa shape index (κ2) is 9.38. The van der Waals surface area contributed by atoms with Crippen molar-refractivity contribution in [2.75, 3.05) is 39.5 Å². The maximum Gasteiger partial charge on any atom is 0.251 e. The van der Waals surface area contributed by atoms with E-state index in [4.69, 9.17) is 9.47 Å². The van der Waals surface area contributed by atoms with E-state index in [-0.39, 0.29) is 10.8 Å². The van der Waals surface area contributed by atoms with Crippen molar-refractivity contribution in [2.45, 2.75) is 31.1 Å². The van der Waals surface area contributed by atoms with E-state index in [1.165, 1.54) is 27.9 Å². The molecule has 0 unspecified atom stereocenters. The fraction of sp³-hybridized carbons (Fsp3) is 0.435. The van der Waals surface area contributed by atoms with Crippen LogP contribution in [0.25, 0.3) is 0 Å². The summed E-state index contributed by atoms with van der Waals surface area (Å²) in [5.41, 5.74) is 3.81. The molecule has 1 aliphatic carbocycles. The molecule has 166 valence electrons. The number of morpholine rings is 1. The van der Waals surface area contributed by atoms with Gasteiger partial charge in [-0.2, -0.15) is 4.31 Å². The number of nitrogens with zero attached hydrogens (tertiary/aromatic N) is 1. The number of ether oxygens (including phenoxy) is 2. The van der Waals surface area contributed by atoms with E-state index in [1.54, 1.807) is 19.1 Å². The maximum atomic E-state index is 12.9. The summed E-state index contributed by atoms with van der Waals surface area (Å²) in [6.07, 6.45) is 3.41. The number of benzene rings is 2. The minimum Gasteiger partial charge on any atom is -0.492 e. The highest BCUT2D eigenvalue weighted by Crippen LogP contribution is 2.26. The molecule has 1 heterocycles. The van der Waals surface area contributed by atoms with Crippen molar-refractivity contribution >= 4 is 15.9 Å². The van der Waals surface area contributed by atoms with Gasteiger partial charge in [0.05, 0.1) is 24.7 Å². The molecule has 4 rings (SSSR count). The number of carbonyl (C=O) groups is 1. The second-order valence-corrected chi connectivity index (χ2v) is 9.82. The summed E-state index contributed by atoms with van der Waals surface area (Å²) in [4.78, 5) is 12.8. The zero-order chi connectivity index (χ0) is 21.8. The Hall–Kier alpha value is -2.42. The molecule has 0 radical (unpaired) electrons. The van der Waals surface area contributed by atoms with E-state index in [2.05, 4.69) is 17.4 Å². The first-order valence-corrected chi connectivity index (χ1v) is 12.1. The number of sulfonamides is 1. The van der Waals surface area contributed by atoms with Crippen LogP contribution in [0.1, 0.15) is 33.5 Å².